The minimum atomic E-state index is -0.491. The predicted molar refractivity (Wildman–Crippen MR) is 93.2 cm³/mol. The lowest BCUT2D eigenvalue weighted by atomic mass is 10.2. The molecule has 0 bridgehead atoms. The SMILES string of the molecule is CCc1cc(C(=O)OC)nnc1OC.CCc1cc(CO)nnc1OC. The molecular weight excluding hydrogens is 340 g/mol. The highest BCUT2D eigenvalue weighted by Crippen LogP contribution is 2.15. The molecule has 9 heteroatoms. The molecule has 0 saturated carbocycles. The van der Waals surface area contributed by atoms with E-state index in [1.54, 1.807) is 19.2 Å². The molecule has 142 valence electrons. The Bertz CT molecular complexity index is 724. The van der Waals surface area contributed by atoms with E-state index in [2.05, 4.69) is 25.1 Å². The van der Waals surface area contributed by atoms with Crippen molar-refractivity contribution < 1.29 is 24.1 Å². The van der Waals surface area contributed by atoms with Crippen molar-refractivity contribution in [2.45, 2.75) is 33.3 Å². The minimum Gasteiger partial charge on any atom is -0.480 e. The maximum absolute atomic E-state index is 11.1. The summed E-state index contributed by atoms with van der Waals surface area (Å²) in [6, 6.07) is 3.42. The first kappa shape index (κ1) is 21.2. The molecule has 0 aliphatic rings. The number of carbonyl (C=O) groups excluding carboxylic acids is 1. The van der Waals surface area contributed by atoms with Gasteiger partial charge in [-0.2, -0.15) is 0 Å². The van der Waals surface area contributed by atoms with Crippen LogP contribution in [-0.4, -0.2) is 52.8 Å². The van der Waals surface area contributed by atoms with Crippen LogP contribution in [0.1, 0.15) is 41.2 Å². The van der Waals surface area contributed by atoms with Crippen LogP contribution >= 0.6 is 0 Å². The smallest absolute Gasteiger partial charge is 0.358 e. The lowest BCUT2D eigenvalue weighted by molar-refractivity contribution is 0.0592. The van der Waals surface area contributed by atoms with Gasteiger partial charge in [-0.3, -0.25) is 0 Å². The van der Waals surface area contributed by atoms with Crippen LogP contribution in [0.3, 0.4) is 0 Å². The average Bonchev–Trinajstić information content (AvgIpc) is 2.72. The molecule has 0 aliphatic heterocycles. The number of hydrogen-bond acceptors (Lipinski definition) is 9. The zero-order valence-electron chi connectivity index (χ0n) is 15.6. The fourth-order valence-electron chi connectivity index (χ4n) is 2.02. The average molecular weight is 364 g/mol. The van der Waals surface area contributed by atoms with Gasteiger partial charge in [0.05, 0.1) is 33.6 Å². The maximum atomic E-state index is 11.1. The van der Waals surface area contributed by atoms with Gasteiger partial charge < -0.3 is 19.3 Å². The van der Waals surface area contributed by atoms with Gasteiger partial charge in [-0.15, -0.1) is 20.4 Å². The second-order valence-electron chi connectivity index (χ2n) is 4.99. The monoisotopic (exact) mass is 364 g/mol. The number of rotatable bonds is 6. The van der Waals surface area contributed by atoms with Gasteiger partial charge in [-0.1, -0.05) is 13.8 Å². The van der Waals surface area contributed by atoms with Gasteiger partial charge in [-0.05, 0) is 25.0 Å². The number of carbonyl (C=O) groups is 1. The van der Waals surface area contributed by atoms with E-state index in [1.807, 2.05) is 13.8 Å². The molecule has 2 aromatic heterocycles. The molecule has 1 N–H and O–H groups in total. The van der Waals surface area contributed by atoms with Crippen molar-refractivity contribution in [3.63, 3.8) is 0 Å². The summed E-state index contributed by atoms with van der Waals surface area (Å²) >= 11 is 0. The number of aliphatic hydroxyl groups is 1. The third kappa shape index (κ3) is 5.62. The summed E-state index contributed by atoms with van der Waals surface area (Å²) in [6.45, 7) is 3.87. The number of aliphatic hydroxyl groups excluding tert-OH is 1. The van der Waals surface area contributed by atoms with Crippen LogP contribution in [-0.2, 0) is 24.2 Å². The van der Waals surface area contributed by atoms with Crippen LogP contribution in [0.25, 0.3) is 0 Å². The van der Waals surface area contributed by atoms with Crippen molar-refractivity contribution >= 4 is 5.97 Å². The summed E-state index contributed by atoms with van der Waals surface area (Å²) in [7, 11) is 4.38. The number of aromatic nitrogens is 4. The van der Waals surface area contributed by atoms with E-state index in [0.717, 1.165) is 24.0 Å². The van der Waals surface area contributed by atoms with Crippen molar-refractivity contribution in [1.82, 2.24) is 20.4 Å². The van der Waals surface area contributed by atoms with Crippen LogP contribution < -0.4 is 9.47 Å². The Labute approximate surface area is 152 Å². The third-order valence-electron chi connectivity index (χ3n) is 3.42. The Morgan fingerprint density at radius 3 is 1.92 bits per heavy atom. The van der Waals surface area contributed by atoms with Gasteiger partial charge in [0, 0.05) is 11.1 Å². The number of nitrogens with zero attached hydrogens (tertiary/aromatic N) is 4. The van der Waals surface area contributed by atoms with Crippen LogP contribution in [0.15, 0.2) is 12.1 Å². The Kier molecular flexibility index (Phi) is 8.93. The number of esters is 1. The van der Waals surface area contributed by atoms with E-state index >= 15 is 0 Å². The zero-order chi connectivity index (χ0) is 19.5. The van der Waals surface area contributed by atoms with Gasteiger partial charge >= 0.3 is 5.97 Å². The molecule has 0 aliphatic carbocycles. The first-order valence-corrected chi connectivity index (χ1v) is 8.03. The quantitative estimate of drug-likeness (QED) is 0.758. The van der Waals surface area contributed by atoms with Crippen LogP contribution in [0.5, 0.6) is 11.8 Å². The number of aryl methyl sites for hydroxylation is 2. The van der Waals surface area contributed by atoms with Gasteiger partial charge in [-0.25, -0.2) is 4.79 Å². The minimum absolute atomic E-state index is 0.0794. The molecule has 2 rings (SSSR count). The number of hydrogen-bond donors (Lipinski definition) is 1. The van der Waals surface area contributed by atoms with Gasteiger partial charge in [0.25, 0.3) is 0 Å². The topological polar surface area (TPSA) is 117 Å². The molecule has 0 fully saturated rings. The van der Waals surface area contributed by atoms with Crippen LogP contribution in [0.2, 0.25) is 0 Å². The first-order valence-electron chi connectivity index (χ1n) is 8.03. The van der Waals surface area contributed by atoms with Crippen molar-refractivity contribution in [2.75, 3.05) is 21.3 Å². The Hall–Kier alpha value is -2.81. The molecule has 0 amide bonds. The molecule has 9 nitrogen and oxygen atoms in total. The first-order chi connectivity index (χ1) is 12.5. The Balaban J connectivity index is 0.000000263. The standard InChI is InChI=1S/C9H12N2O3.C8H12N2O2/c1-4-6-5-7(9(12)14-3)10-11-8(6)13-2;1-3-6-4-7(5-11)9-10-8(6)12-2/h5H,4H2,1-3H3;4,11H,3,5H2,1-2H3. The molecule has 0 spiro atoms. The molecule has 2 aromatic rings. The van der Waals surface area contributed by atoms with Crippen molar-refractivity contribution in [3.8, 4) is 11.8 Å². The highest BCUT2D eigenvalue weighted by Gasteiger charge is 2.12. The normalized spacial score (nSPS) is 9.77. The van der Waals surface area contributed by atoms with Crippen molar-refractivity contribution in [1.29, 1.82) is 0 Å². The zero-order valence-corrected chi connectivity index (χ0v) is 15.6. The van der Waals surface area contributed by atoms with Gasteiger partial charge in [0.15, 0.2) is 5.69 Å². The number of ether oxygens (including phenoxy) is 3. The molecule has 0 saturated heterocycles. The highest BCUT2D eigenvalue weighted by molar-refractivity contribution is 5.87. The van der Waals surface area contributed by atoms with Crippen LogP contribution in [0, 0.1) is 0 Å². The van der Waals surface area contributed by atoms with E-state index in [-0.39, 0.29) is 12.3 Å². The van der Waals surface area contributed by atoms with E-state index in [9.17, 15) is 4.79 Å². The maximum Gasteiger partial charge on any atom is 0.358 e. The van der Waals surface area contributed by atoms with E-state index in [1.165, 1.54) is 14.2 Å². The largest absolute Gasteiger partial charge is 0.480 e. The summed E-state index contributed by atoms with van der Waals surface area (Å²) in [6.07, 6.45) is 1.55. The van der Waals surface area contributed by atoms with Crippen molar-refractivity contribution in [2.24, 2.45) is 0 Å². The molecule has 0 aromatic carbocycles. The van der Waals surface area contributed by atoms with E-state index in [4.69, 9.17) is 14.6 Å². The second-order valence-corrected chi connectivity index (χ2v) is 4.99. The lowest BCUT2D eigenvalue weighted by Crippen LogP contribution is -2.08. The predicted octanol–water partition coefficient (Wildman–Crippen LogP) is 1.37. The molecule has 0 unspecified atom stereocenters. The van der Waals surface area contributed by atoms with E-state index in [0.29, 0.717) is 17.5 Å². The van der Waals surface area contributed by atoms with E-state index < -0.39 is 5.97 Å². The lowest BCUT2D eigenvalue weighted by Gasteiger charge is -2.05. The number of methoxy groups -OCH3 is 3. The summed E-state index contributed by atoms with van der Waals surface area (Å²) in [5, 5.41) is 23.8. The molecule has 26 heavy (non-hydrogen) atoms. The van der Waals surface area contributed by atoms with Crippen molar-refractivity contribution in [3.05, 3.63) is 34.6 Å². The molecule has 0 radical (unpaired) electrons. The highest BCUT2D eigenvalue weighted by atomic mass is 16.5. The van der Waals surface area contributed by atoms with Crippen LogP contribution in [0.4, 0.5) is 0 Å². The summed E-state index contributed by atoms with van der Waals surface area (Å²) in [5.74, 6) is 0.490. The molecule has 0 atom stereocenters. The second kappa shape index (κ2) is 10.9. The van der Waals surface area contributed by atoms with Gasteiger partial charge in [0.1, 0.15) is 0 Å². The summed E-state index contributed by atoms with van der Waals surface area (Å²) < 4.78 is 14.5. The summed E-state index contributed by atoms with van der Waals surface area (Å²) in [5.41, 5.74) is 2.58. The third-order valence-corrected chi connectivity index (χ3v) is 3.42. The fraction of sp³-hybridized carbons (Fsp3) is 0.471. The molecular formula is C17H24N4O5. The Morgan fingerprint density at radius 2 is 1.46 bits per heavy atom. The summed E-state index contributed by atoms with van der Waals surface area (Å²) in [4.78, 5) is 11.1. The fourth-order valence-corrected chi connectivity index (χ4v) is 2.02. The Morgan fingerprint density at radius 1 is 0.923 bits per heavy atom. The molecule has 2 heterocycles. The van der Waals surface area contributed by atoms with Gasteiger partial charge in [0.2, 0.25) is 11.8 Å².